The molecule has 0 radical (unpaired) electrons. The van der Waals surface area contributed by atoms with Crippen LogP contribution in [0.15, 0.2) is 30.3 Å². The van der Waals surface area contributed by atoms with Gasteiger partial charge < -0.3 is 4.74 Å². The van der Waals surface area contributed by atoms with Gasteiger partial charge in [-0.3, -0.25) is 0 Å². The zero-order chi connectivity index (χ0) is 15.7. The molecule has 0 amide bonds. The predicted molar refractivity (Wildman–Crippen MR) is 82.7 cm³/mol. The monoisotopic (exact) mass is 312 g/mol. The molecule has 0 unspecified atom stereocenters. The first-order valence-corrected chi connectivity index (χ1v) is 7.30. The quantitative estimate of drug-likeness (QED) is 0.636. The van der Waals surface area contributed by atoms with Gasteiger partial charge in [-0.15, -0.1) is 0 Å². The van der Waals surface area contributed by atoms with Crippen LogP contribution in [0.1, 0.15) is 40.4 Å². The van der Waals surface area contributed by atoms with E-state index in [1.165, 1.54) is 13.2 Å². The number of benzene rings is 1. The van der Waals surface area contributed by atoms with Gasteiger partial charge in [-0.1, -0.05) is 17.7 Å². The molecule has 1 aromatic heterocycles. The molecule has 0 saturated heterocycles. The lowest BCUT2D eigenvalue weighted by Crippen LogP contribution is -2.04. The van der Waals surface area contributed by atoms with Gasteiger partial charge in [0.15, 0.2) is 0 Å². The largest absolute Gasteiger partial charge is 0.465 e. The highest BCUT2D eigenvalue weighted by molar-refractivity contribution is 6.29. The van der Waals surface area contributed by atoms with Crippen molar-refractivity contribution in [1.29, 1.82) is 5.26 Å². The Morgan fingerprint density at radius 2 is 2.14 bits per heavy atom. The van der Waals surface area contributed by atoms with Crippen molar-refractivity contribution in [2.45, 2.75) is 18.8 Å². The smallest absolute Gasteiger partial charge is 0.338 e. The molecule has 22 heavy (non-hydrogen) atoms. The third-order valence-corrected chi connectivity index (χ3v) is 3.87. The highest BCUT2D eigenvalue weighted by atomic mass is 35.5. The Kier molecular flexibility index (Phi) is 3.82. The van der Waals surface area contributed by atoms with E-state index in [1.807, 2.05) is 12.1 Å². The van der Waals surface area contributed by atoms with Crippen LogP contribution < -0.4 is 0 Å². The van der Waals surface area contributed by atoms with Gasteiger partial charge in [0.2, 0.25) is 0 Å². The van der Waals surface area contributed by atoms with Gasteiger partial charge in [-0.05, 0) is 48.2 Å². The van der Waals surface area contributed by atoms with E-state index < -0.39 is 5.97 Å². The van der Waals surface area contributed by atoms with Crippen LogP contribution >= 0.6 is 11.6 Å². The van der Waals surface area contributed by atoms with Gasteiger partial charge in [0, 0.05) is 11.6 Å². The first-order chi connectivity index (χ1) is 10.6. The SMILES string of the molecule is COC(=O)c1cc(C#N)ccc1-c1cc(Cl)nc(C2CC2)c1. The molecule has 2 aromatic rings. The number of hydrogen-bond donors (Lipinski definition) is 0. The molecule has 4 nitrogen and oxygen atoms in total. The van der Waals surface area contributed by atoms with Crippen LogP contribution in [-0.2, 0) is 4.74 Å². The number of esters is 1. The highest BCUT2D eigenvalue weighted by Crippen LogP contribution is 2.41. The number of halogens is 1. The Morgan fingerprint density at radius 3 is 2.77 bits per heavy atom. The number of ether oxygens (including phenoxy) is 1. The van der Waals surface area contributed by atoms with Crippen molar-refractivity contribution in [3.8, 4) is 17.2 Å². The second-order valence-corrected chi connectivity index (χ2v) is 5.63. The van der Waals surface area contributed by atoms with E-state index in [-0.39, 0.29) is 0 Å². The minimum absolute atomic E-state index is 0.352. The third-order valence-electron chi connectivity index (χ3n) is 3.67. The number of carbonyl (C=O) groups is 1. The topological polar surface area (TPSA) is 63.0 Å². The zero-order valence-corrected chi connectivity index (χ0v) is 12.7. The van der Waals surface area contributed by atoms with Crippen LogP contribution in [-0.4, -0.2) is 18.1 Å². The number of hydrogen-bond acceptors (Lipinski definition) is 4. The van der Waals surface area contributed by atoms with E-state index in [9.17, 15) is 4.79 Å². The molecule has 0 N–H and O–H groups in total. The molecule has 1 heterocycles. The summed E-state index contributed by atoms with van der Waals surface area (Å²) in [6, 6.07) is 10.7. The Morgan fingerprint density at radius 1 is 1.36 bits per heavy atom. The minimum atomic E-state index is -0.479. The Bertz CT molecular complexity index is 792. The molecule has 1 aliphatic rings. The van der Waals surface area contributed by atoms with Crippen LogP contribution in [0.5, 0.6) is 0 Å². The van der Waals surface area contributed by atoms with Crippen molar-refractivity contribution in [3.63, 3.8) is 0 Å². The molecule has 3 rings (SSSR count). The second kappa shape index (κ2) is 5.78. The van der Waals surface area contributed by atoms with E-state index in [2.05, 4.69) is 4.98 Å². The molecule has 5 heteroatoms. The average Bonchev–Trinajstić information content (AvgIpc) is 3.37. The van der Waals surface area contributed by atoms with E-state index in [1.54, 1.807) is 18.2 Å². The van der Waals surface area contributed by atoms with E-state index in [0.717, 1.165) is 24.1 Å². The number of methoxy groups -OCH3 is 1. The number of pyridine rings is 1. The lowest BCUT2D eigenvalue weighted by atomic mass is 9.97. The summed E-state index contributed by atoms with van der Waals surface area (Å²) in [5.41, 5.74) is 3.21. The van der Waals surface area contributed by atoms with Gasteiger partial charge in [0.05, 0.1) is 24.3 Å². The lowest BCUT2D eigenvalue weighted by molar-refractivity contribution is 0.0601. The Labute approximate surface area is 133 Å². The number of carbonyl (C=O) groups excluding carboxylic acids is 1. The number of aromatic nitrogens is 1. The third kappa shape index (κ3) is 2.81. The first kappa shape index (κ1) is 14.6. The summed E-state index contributed by atoms with van der Waals surface area (Å²) in [7, 11) is 1.32. The van der Waals surface area contributed by atoms with Crippen molar-refractivity contribution in [3.05, 3.63) is 52.3 Å². The number of rotatable bonds is 3. The molecule has 0 atom stereocenters. The average molecular weight is 313 g/mol. The minimum Gasteiger partial charge on any atom is -0.465 e. The predicted octanol–water partition coefficient (Wildman–Crippen LogP) is 3.94. The van der Waals surface area contributed by atoms with Gasteiger partial charge in [0.1, 0.15) is 5.15 Å². The van der Waals surface area contributed by atoms with Gasteiger partial charge in [-0.25, -0.2) is 9.78 Å². The number of nitrogens with zero attached hydrogens (tertiary/aromatic N) is 2. The summed E-state index contributed by atoms with van der Waals surface area (Å²) >= 11 is 6.12. The highest BCUT2D eigenvalue weighted by Gasteiger charge is 2.26. The molecule has 1 aromatic carbocycles. The summed E-state index contributed by atoms with van der Waals surface area (Å²) < 4.78 is 4.82. The molecule has 1 aliphatic carbocycles. The lowest BCUT2D eigenvalue weighted by Gasteiger charge is -2.10. The van der Waals surface area contributed by atoms with Gasteiger partial charge >= 0.3 is 5.97 Å². The maximum atomic E-state index is 12.0. The molecule has 110 valence electrons. The number of nitriles is 1. The second-order valence-electron chi connectivity index (χ2n) is 5.24. The molecule has 1 fully saturated rings. The van der Waals surface area contributed by atoms with Crippen LogP contribution in [0.3, 0.4) is 0 Å². The molecular formula is C17H13ClN2O2. The van der Waals surface area contributed by atoms with Crippen molar-refractivity contribution < 1.29 is 9.53 Å². The summed E-state index contributed by atoms with van der Waals surface area (Å²) in [5.74, 6) is -0.0228. The van der Waals surface area contributed by atoms with Crippen LogP contribution in [0.25, 0.3) is 11.1 Å². The van der Waals surface area contributed by atoms with Crippen LogP contribution in [0.2, 0.25) is 5.15 Å². The zero-order valence-electron chi connectivity index (χ0n) is 12.0. The maximum Gasteiger partial charge on any atom is 0.338 e. The summed E-state index contributed by atoms with van der Waals surface area (Å²) in [5, 5.41) is 9.42. The van der Waals surface area contributed by atoms with Crippen molar-refractivity contribution in [1.82, 2.24) is 4.98 Å². The van der Waals surface area contributed by atoms with Crippen molar-refractivity contribution in [2.24, 2.45) is 0 Å². The fourth-order valence-corrected chi connectivity index (χ4v) is 2.62. The first-order valence-electron chi connectivity index (χ1n) is 6.92. The molecule has 0 spiro atoms. The van der Waals surface area contributed by atoms with E-state index in [0.29, 0.717) is 27.8 Å². The maximum absolute atomic E-state index is 12.0. The van der Waals surface area contributed by atoms with Crippen molar-refractivity contribution in [2.75, 3.05) is 7.11 Å². The van der Waals surface area contributed by atoms with Gasteiger partial charge in [-0.2, -0.15) is 5.26 Å². The van der Waals surface area contributed by atoms with Crippen LogP contribution in [0, 0.1) is 11.3 Å². The summed E-state index contributed by atoms with van der Waals surface area (Å²) in [4.78, 5) is 16.4. The summed E-state index contributed by atoms with van der Waals surface area (Å²) in [6.07, 6.45) is 2.23. The van der Waals surface area contributed by atoms with Crippen LogP contribution in [0.4, 0.5) is 0 Å². The molecule has 0 bridgehead atoms. The Hall–Kier alpha value is -2.38. The summed E-state index contributed by atoms with van der Waals surface area (Å²) in [6.45, 7) is 0. The normalized spacial score (nSPS) is 13.5. The molecule has 0 aliphatic heterocycles. The standard InChI is InChI=1S/C17H13ClN2O2/c1-22-17(21)14-6-10(9-19)2-5-13(14)12-7-15(11-3-4-11)20-16(18)8-12/h2,5-8,11H,3-4H2,1H3. The fourth-order valence-electron chi connectivity index (χ4n) is 2.41. The van der Waals surface area contributed by atoms with Gasteiger partial charge in [0.25, 0.3) is 0 Å². The Balaban J connectivity index is 2.15. The van der Waals surface area contributed by atoms with E-state index >= 15 is 0 Å². The fraction of sp³-hybridized carbons (Fsp3) is 0.235. The van der Waals surface area contributed by atoms with E-state index in [4.69, 9.17) is 21.6 Å². The molecule has 1 saturated carbocycles. The van der Waals surface area contributed by atoms with Crippen molar-refractivity contribution >= 4 is 17.6 Å². The molecular weight excluding hydrogens is 300 g/mol.